The summed E-state index contributed by atoms with van der Waals surface area (Å²) in [6.45, 7) is 3.49. The number of hydrogen-bond donors (Lipinski definition) is 1. The number of rotatable bonds is 2. The Morgan fingerprint density at radius 1 is 1.75 bits per heavy atom. The largest absolute Gasteiger partial charge is 0.478 e. The number of thiazole rings is 1. The van der Waals surface area contributed by atoms with Crippen molar-refractivity contribution in [3.05, 3.63) is 21.7 Å². The second-order valence-electron chi connectivity index (χ2n) is 2.44. The fraction of sp³-hybridized carbons (Fsp3) is 0.250. The van der Waals surface area contributed by atoms with E-state index in [0.29, 0.717) is 5.57 Å². The van der Waals surface area contributed by atoms with Crippen LogP contribution in [-0.4, -0.2) is 16.1 Å². The van der Waals surface area contributed by atoms with E-state index >= 15 is 0 Å². The second kappa shape index (κ2) is 3.49. The van der Waals surface area contributed by atoms with Crippen LogP contribution in [0.5, 0.6) is 0 Å². The van der Waals surface area contributed by atoms with Crippen molar-refractivity contribution in [1.82, 2.24) is 4.98 Å². The Balaban J connectivity index is 2.87. The normalized spacial score (nSPS) is 11.7. The molecule has 1 N–H and O–H groups in total. The number of carbonyl (C=O) groups is 1. The van der Waals surface area contributed by atoms with Gasteiger partial charge < -0.3 is 5.11 Å². The van der Waals surface area contributed by atoms with Gasteiger partial charge in [0.05, 0.1) is 0 Å². The van der Waals surface area contributed by atoms with E-state index in [9.17, 15) is 4.79 Å². The first-order valence-electron chi connectivity index (χ1n) is 3.43. The van der Waals surface area contributed by atoms with Crippen LogP contribution in [0.1, 0.15) is 16.8 Å². The summed E-state index contributed by atoms with van der Waals surface area (Å²) in [5.41, 5.74) is 0.310. The van der Waals surface area contributed by atoms with E-state index in [0.717, 1.165) is 9.88 Å². The predicted molar refractivity (Wildman–Crippen MR) is 48.1 cm³/mol. The van der Waals surface area contributed by atoms with Crippen molar-refractivity contribution in [2.75, 3.05) is 0 Å². The summed E-state index contributed by atoms with van der Waals surface area (Å²) in [6.07, 6.45) is 3.30. The van der Waals surface area contributed by atoms with E-state index in [-0.39, 0.29) is 0 Å². The minimum absolute atomic E-state index is 0.310. The van der Waals surface area contributed by atoms with Crippen LogP contribution < -0.4 is 0 Å². The van der Waals surface area contributed by atoms with Crippen molar-refractivity contribution in [2.24, 2.45) is 0 Å². The van der Waals surface area contributed by atoms with Crippen LogP contribution in [0, 0.1) is 6.92 Å². The van der Waals surface area contributed by atoms with Gasteiger partial charge in [-0.05, 0) is 19.9 Å². The van der Waals surface area contributed by atoms with E-state index in [2.05, 4.69) is 4.98 Å². The van der Waals surface area contributed by atoms with Crippen molar-refractivity contribution in [3.63, 3.8) is 0 Å². The average Bonchev–Trinajstić information content (AvgIpc) is 2.35. The Hall–Kier alpha value is -1.16. The summed E-state index contributed by atoms with van der Waals surface area (Å²) < 4.78 is 0. The Morgan fingerprint density at radius 3 is 2.83 bits per heavy atom. The van der Waals surface area contributed by atoms with Gasteiger partial charge in [0.1, 0.15) is 5.01 Å². The van der Waals surface area contributed by atoms with E-state index in [1.165, 1.54) is 11.3 Å². The maximum Gasteiger partial charge on any atom is 0.331 e. The number of aryl methyl sites for hydroxylation is 1. The molecule has 0 aliphatic carbocycles. The topological polar surface area (TPSA) is 50.2 Å². The number of nitrogens with zero attached hydrogens (tertiary/aromatic N) is 1. The summed E-state index contributed by atoms with van der Waals surface area (Å²) in [6, 6.07) is 0. The Labute approximate surface area is 74.4 Å². The second-order valence-corrected chi connectivity index (χ2v) is 3.71. The number of carboxylic acids is 1. The first kappa shape index (κ1) is 8.93. The molecule has 1 aromatic heterocycles. The highest BCUT2D eigenvalue weighted by Gasteiger charge is 2.01. The molecule has 64 valence electrons. The fourth-order valence-electron chi connectivity index (χ4n) is 0.686. The first-order chi connectivity index (χ1) is 5.59. The van der Waals surface area contributed by atoms with Crippen molar-refractivity contribution in [3.8, 4) is 0 Å². The molecule has 0 bridgehead atoms. The zero-order valence-corrected chi connectivity index (χ0v) is 7.68. The van der Waals surface area contributed by atoms with Crippen molar-refractivity contribution in [1.29, 1.82) is 0 Å². The van der Waals surface area contributed by atoms with Crippen molar-refractivity contribution < 1.29 is 9.90 Å². The smallest absolute Gasteiger partial charge is 0.331 e. The first-order valence-corrected chi connectivity index (χ1v) is 4.25. The molecular formula is C8H9NO2S. The molecule has 1 heterocycles. The Morgan fingerprint density at radius 2 is 2.42 bits per heavy atom. The van der Waals surface area contributed by atoms with Crippen LogP contribution in [0.25, 0.3) is 6.08 Å². The molecule has 0 unspecified atom stereocenters. The van der Waals surface area contributed by atoms with Crippen LogP contribution in [0.3, 0.4) is 0 Å². The monoisotopic (exact) mass is 183 g/mol. The van der Waals surface area contributed by atoms with Crippen LogP contribution in [0.2, 0.25) is 0 Å². The van der Waals surface area contributed by atoms with Gasteiger partial charge in [-0.2, -0.15) is 0 Å². The van der Waals surface area contributed by atoms with Gasteiger partial charge in [-0.3, -0.25) is 0 Å². The molecular weight excluding hydrogens is 174 g/mol. The molecule has 4 heteroatoms. The maximum atomic E-state index is 10.4. The van der Waals surface area contributed by atoms with Gasteiger partial charge in [0, 0.05) is 16.6 Å². The average molecular weight is 183 g/mol. The number of hydrogen-bond acceptors (Lipinski definition) is 3. The SMILES string of the molecule is C/C(=C/c1ncc(C)s1)C(=O)O. The van der Waals surface area contributed by atoms with Crippen LogP contribution in [0.4, 0.5) is 0 Å². The third-order valence-electron chi connectivity index (χ3n) is 1.32. The molecule has 0 saturated heterocycles. The molecule has 0 atom stereocenters. The molecule has 0 radical (unpaired) electrons. The molecule has 3 nitrogen and oxygen atoms in total. The molecule has 0 aromatic carbocycles. The Kier molecular flexibility index (Phi) is 2.60. The summed E-state index contributed by atoms with van der Waals surface area (Å²) in [4.78, 5) is 15.5. The minimum atomic E-state index is -0.900. The highest BCUT2D eigenvalue weighted by Crippen LogP contribution is 2.14. The molecule has 0 saturated carbocycles. The lowest BCUT2D eigenvalue weighted by atomic mass is 10.3. The lowest BCUT2D eigenvalue weighted by molar-refractivity contribution is -0.132. The summed E-state index contributed by atoms with van der Waals surface area (Å²) >= 11 is 1.48. The predicted octanol–water partition coefficient (Wildman–Crippen LogP) is 1.94. The van der Waals surface area contributed by atoms with Gasteiger partial charge in [-0.25, -0.2) is 9.78 Å². The molecule has 0 fully saturated rings. The standard InChI is InChI=1S/C8H9NO2S/c1-5(8(10)11)3-7-9-4-6(2)12-7/h3-4H,1-2H3,(H,10,11)/b5-3-. The van der Waals surface area contributed by atoms with E-state index in [1.807, 2.05) is 6.92 Å². The van der Waals surface area contributed by atoms with Crippen molar-refractivity contribution >= 4 is 23.4 Å². The van der Waals surface area contributed by atoms with Crippen LogP contribution in [0.15, 0.2) is 11.8 Å². The van der Waals surface area contributed by atoms with Gasteiger partial charge in [0.2, 0.25) is 0 Å². The van der Waals surface area contributed by atoms with Gasteiger partial charge in [-0.15, -0.1) is 11.3 Å². The summed E-state index contributed by atoms with van der Waals surface area (Å²) in [5.74, 6) is -0.900. The summed E-state index contributed by atoms with van der Waals surface area (Å²) in [5, 5.41) is 9.30. The highest BCUT2D eigenvalue weighted by molar-refractivity contribution is 7.12. The number of aliphatic carboxylic acids is 1. The van der Waals surface area contributed by atoms with E-state index in [4.69, 9.17) is 5.11 Å². The Bertz CT molecular complexity index is 328. The van der Waals surface area contributed by atoms with Gasteiger partial charge in [0.25, 0.3) is 0 Å². The van der Waals surface area contributed by atoms with Crippen molar-refractivity contribution in [2.45, 2.75) is 13.8 Å². The van der Waals surface area contributed by atoms with Gasteiger partial charge in [0.15, 0.2) is 0 Å². The van der Waals surface area contributed by atoms with Crippen LogP contribution in [-0.2, 0) is 4.79 Å². The molecule has 0 aliphatic rings. The number of aromatic nitrogens is 1. The molecule has 0 aliphatic heterocycles. The molecule has 1 aromatic rings. The molecule has 0 amide bonds. The quantitative estimate of drug-likeness (QED) is 0.713. The zero-order chi connectivity index (χ0) is 9.14. The highest BCUT2D eigenvalue weighted by atomic mass is 32.1. The maximum absolute atomic E-state index is 10.4. The summed E-state index contributed by atoms with van der Waals surface area (Å²) in [7, 11) is 0. The van der Waals surface area contributed by atoms with Crippen LogP contribution >= 0.6 is 11.3 Å². The van der Waals surface area contributed by atoms with Gasteiger partial charge >= 0.3 is 5.97 Å². The third-order valence-corrected chi connectivity index (χ3v) is 2.18. The molecule has 12 heavy (non-hydrogen) atoms. The molecule has 1 rings (SSSR count). The minimum Gasteiger partial charge on any atom is -0.478 e. The lowest BCUT2D eigenvalue weighted by Gasteiger charge is -1.88. The van der Waals surface area contributed by atoms with E-state index < -0.39 is 5.97 Å². The van der Waals surface area contributed by atoms with E-state index in [1.54, 1.807) is 19.2 Å². The number of carboxylic acid groups (broad SMARTS) is 1. The van der Waals surface area contributed by atoms with Gasteiger partial charge in [-0.1, -0.05) is 0 Å². The zero-order valence-electron chi connectivity index (χ0n) is 6.87. The third kappa shape index (κ3) is 2.17. The lowest BCUT2D eigenvalue weighted by Crippen LogP contribution is -1.94. The molecule has 0 spiro atoms. The fourth-order valence-corrected chi connectivity index (χ4v) is 1.46.